The molecule has 3 aliphatic rings. The van der Waals surface area contributed by atoms with E-state index in [1.807, 2.05) is 166 Å². The Balaban J connectivity index is 0.000000143. The highest BCUT2D eigenvalue weighted by atomic mass is 19.1. The van der Waals surface area contributed by atoms with Gasteiger partial charge < -0.3 is 68.5 Å². The van der Waals surface area contributed by atoms with Gasteiger partial charge in [-0.25, -0.2) is 47.3 Å². The number of fused-ring (bicyclic) bond motifs is 3. The third-order valence-electron chi connectivity index (χ3n) is 19.0. The molecule has 3 atom stereocenters. The van der Waals surface area contributed by atoms with Crippen LogP contribution in [0, 0.1) is 47.4 Å². The number of anilines is 3. The van der Waals surface area contributed by atoms with Gasteiger partial charge >= 0.3 is 18.3 Å². The van der Waals surface area contributed by atoms with E-state index >= 15 is 0 Å². The van der Waals surface area contributed by atoms with Crippen molar-refractivity contribution in [2.45, 2.75) is 85.5 Å². The second-order valence-corrected chi connectivity index (χ2v) is 26.5. The fourth-order valence-corrected chi connectivity index (χ4v) is 14.0. The summed E-state index contributed by atoms with van der Waals surface area (Å²) in [5, 5.41) is 23.2. The summed E-state index contributed by atoms with van der Waals surface area (Å²) in [6.07, 6.45) is 1.07. The number of aryl methyl sites for hydroxylation is 6. The van der Waals surface area contributed by atoms with Crippen LogP contribution in [-0.4, -0.2) is 155 Å². The van der Waals surface area contributed by atoms with Crippen LogP contribution in [0.25, 0.3) is 50.7 Å². The SMILES string of the molecule is COc1ccc(-c2c(C)nc3c(N4CC[C@@H](NC(=O)OCc5ccccc5)C4)cc(C)nn23)cc1OC.COc1ccc(-c2c(C)nc3c(N4CC[C@@H](NC(=O)Oc5ccccc5)C4)cc(C)nn23)cc1F.COc1ccc(-c2c(C)nc3c(N4CC[C@@H](NC(=O)Oc5ccccc5)C4)cc(C)nn23)cc1OC. The Morgan fingerprint density at radius 3 is 1.09 bits per heavy atom. The van der Waals surface area contributed by atoms with Crippen molar-refractivity contribution in [3.63, 3.8) is 0 Å². The second kappa shape index (κ2) is 32.8. The highest BCUT2D eigenvalue weighted by Crippen LogP contribution is 2.39. The summed E-state index contributed by atoms with van der Waals surface area (Å²) in [5.74, 6) is 3.39. The molecule has 3 saturated heterocycles. The minimum absolute atomic E-state index is 0.0156. The van der Waals surface area contributed by atoms with Crippen LogP contribution in [0.1, 0.15) is 59.0 Å². The Morgan fingerprint density at radius 2 is 0.741 bits per heavy atom. The average molecular weight is 1460 g/mol. The number of nitrogens with one attached hydrogen (secondary N) is 3. The van der Waals surface area contributed by atoms with Crippen LogP contribution < -0.4 is 63.8 Å². The summed E-state index contributed by atoms with van der Waals surface area (Å²) in [4.78, 5) is 58.3. The molecule has 0 unspecified atom stereocenters. The van der Waals surface area contributed by atoms with Gasteiger partial charge in [0, 0.05) is 56.0 Å². The Hall–Kier alpha value is -12.7. The van der Waals surface area contributed by atoms with Crippen LogP contribution in [0.15, 0.2) is 164 Å². The van der Waals surface area contributed by atoms with E-state index in [1.165, 1.54) is 13.2 Å². The molecule has 9 heterocycles. The second-order valence-electron chi connectivity index (χ2n) is 26.5. The lowest BCUT2D eigenvalue weighted by Crippen LogP contribution is -2.38. The normalized spacial score (nSPS) is 15.3. The molecule has 3 fully saturated rings. The largest absolute Gasteiger partial charge is 0.494 e. The van der Waals surface area contributed by atoms with Gasteiger partial charge in [-0.3, -0.25) is 0 Å². The van der Waals surface area contributed by atoms with Crippen LogP contribution in [0.3, 0.4) is 0 Å². The van der Waals surface area contributed by atoms with Crippen molar-refractivity contribution in [3.05, 3.63) is 209 Å². The molecule has 0 saturated carbocycles. The number of aromatic nitrogens is 9. The Bertz CT molecular complexity index is 5230. The number of benzene rings is 6. The van der Waals surface area contributed by atoms with Gasteiger partial charge in [0.25, 0.3) is 0 Å². The van der Waals surface area contributed by atoms with Gasteiger partial charge in [0.2, 0.25) is 0 Å². The van der Waals surface area contributed by atoms with Crippen LogP contribution in [0.2, 0.25) is 0 Å². The van der Waals surface area contributed by atoms with Gasteiger partial charge in [0.1, 0.15) is 18.1 Å². The van der Waals surface area contributed by atoms with Gasteiger partial charge in [0.15, 0.2) is 51.5 Å². The van der Waals surface area contributed by atoms with Crippen molar-refractivity contribution < 1.29 is 56.7 Å². The zero-order chi connectivity index (χ0) is 75.7. The number of amides is 3. The fourth-order valence-electron chi connectivity index (χ4n) is 14.0. The lowest BCUT2D eigenvalue weighted by Gasteiger charge is -2.20. The van der Waals surface area contributed by atoms with E-state index in [-0.39, 0.29) is 30.5 Å². The van der Waals surface area contributed by atoms with Gasteiger partial charge in [-0.1, -0.05) is 66.7 Å². The van der Waals surface area contributed by atoms with Gasteiger partial charge in [-0.2, -0.15) is 15.3 Å². The third kappa shape index (κ3) is 16.4. The molecule has 26 nitrogen and oxygen atoms in total. The number of hydrogen-bond acceptors (Lipinski definition) is 20. The number of para-hydroxylation sites is 2. The van der Waals surface area contributed by atoms with Crippen molar-refractivity contribution in [2.24, 2.45) is 0 Å². The fraction of sp³-hybridized carbons (Fsp3) is 0.296. The van der Waals surface area contributed by atoms with Gasteiger partial charge in [-0.15, -0.1) is 0 Å². The molecule has 558 valence electrons. The summed E-state index contributed by atoms with van der Waals surface area (Å²) >= 11 is 0. The van der Waals surface area contributed by atoms with Crippen LogP contribution in [0.4, 0.5) is 35.8 Å². The zero-order valence-corrected chi connectivity index (χ0v) is 62.1. The number of carbonyl (C=O) groups is 3. The zero-order valence-electron chi connectivity index (χ0n) is 62.1. The number of nitrogens with zero attached hydrogens (tertiary/aromatic N) is 12. The summed E-state index contributed by atoms with van der Waals surface area (Å²) in [7, 11) is 7.92. The molecule has 0 bridgehead atoms. The third-order valence-corrected chi connectivity index (χ3v) is 19.0. The number of hydrogen-bond donors (Lipinski definition) is 3. The van der Waals surface area contributed by atoms with Gasteiger partial charge in [-0.05, 0) is 163 Å². The molecule has 15 rings (SSSR count). The van der Waals surface area contributed by atoms with Crippen molar-refractivity contribution in [1.29, 1.82) is 0 Å². The summed E-state index contributed by atoms with van der Waals surface area (Å²) in [6, 6.07) is 50.1. The predicted octanol–water partition coefficient (Wildman–Crippen LogP) is 13.5. The van der Waals surface area contributed by atoms with Crippen molar-refractivity contribution >= 4 is 52.3 Å². The van der Waals surface area contributed by atoms with Crippen molar-refractivity contribution in [2.75, 3.05) is 89.5 Å². The molecule has 6 aromatic heterocycles. The molecule has 0 spiro atoms. The average Bonchev–Trinajstić information content (AvgIpc) is 1.61. The number of halogens is 1. The summed E-state index contributed by atoms with van der Waals surface area (Å²) < 4.78 is 63.0. The molecule has 12 aromatic rings. The first-order chi connectivity index (χ1) is 52.3. The number of ether oxygens (including phenoxy) is 8. The number of methoxy groups -OCH3 is 5. The molecule has 3 amide bonds. The maximum Gasteiger partial charge on any atom is 0.412 e. The van der Waals surface area contributed by atoms with Crippen LogP contribution >= 0.6 is 0 Å². The van der Waals surface area contributed by atoms with Crippen molar-refractivity contribution in [3.8, 4) is 74.0 Å². The van der Waals surface area contributed by atoms with E-state index < -0.39 is 24.1 Å². The standard InChI is InChI=1S/C28H31N5O4.C27H29N5O4.C26H26FN5O3/c1-18-14-23(32-13-12-22(16-32)30-28(34)37-17-20-8-6-5-7-9-20)27-29-19(2)26(33(27)31-18)21-10-11-24(35-3)25(15-21)36-4;1-17-14-22(31-13-12-20(16-31)29-27(33)36-21-8-6-5-7-9-21)26-28-18(2)25(32(26)30-17)19-10-11-23(34-3)24(15-19)35-4;1-16-13-22(31-12-11-19(15-31)29-26(33)35-20-7-5-4-6-8-20)25-28-17(2)24(32(25)30-16)18-9-10-23(34-3)21(27)14-18/h5-11,14-15,22H,12-13,16-17H2,1-4H3,(H,30,34);5-11,14-15,20H,12-13,16H2,1-4H3,(H,29,33);4-10,13-14,19H,11-12,15H2,1-3H3,(H,29,33)/t22-;20-;19-/m111/s1. The Morgan fingerprint density at radius 1 is 0.407 bits per heavy atom. The quantitative estimate of drug-likeness (QED) is 0.0721. The van der Waals surface area contributed by atoms with E-state index in [0.717, 1.165) is 135 Å². The van der Waals surface area contributed by atoms with E-state index in [2.05, 4.69) is 41.8 Å². The van der Waals surface area contributed by atoms with E-state index in [4.69, 9.17) is 63.0 Å². The highest BCUT2D eigenvalue weighted by Gasteiger charge is 2.32. The first kappa shape index (κ1) is 73.6. The molecular weight excluding hydrogens is 1380 g/mol. The lowest BCUT2D eigenvalue weighted by atomic mass is 10.1. The maximum absolute atomic E-state index is 14.4. The number of rotatable bonds is 18. The molecular formula is C81H86FN15O11. The predicted molar refractivity (Wildman–Crippen MR) is 409 cm³/mol. The van der Waals surface area contributed by atoms with Crippen molar-refractivity contribution in [1.82, 2.24) is 59.7 Å². The summed E-state index contributed by atoms with van der Waals surface area (Å²) in [5.41, 5.74) is 16.2. The molecule has 3 N–H and O–H groups in total. The van der Waals surface area contributed by atoms with Crippen LogP contribution in [-0.2, 0) is 11.3 Å². The molecule has 3 aliphatic heterocycles. The smallest absolute Gasteiger partial charge is 0.412 e. The van der Waals surface area contributed by atoms with E-state index in [1.54, 1.807) is 69.4 Å². The molecule has 0 aliphatic carbocycles. The molecule has 27 heteroatoms. The molecule has 0 radical (unpaired) electrons. The Kier molecular flexibility index (Phi) is 22.3. The summed E-state index contributed by atoms with van der Waals surface area (Å²) in [6.45, 7) is 16.2. The minimum Gasteiger partial charge on any atom is -0.494 e. The first-order valence-corrected chi connectivity index (χ1v) is 35.5. The monoisotopic (exact) mass is 1460 g/mol. The number of imidazole rings is 3. The van der Waals surface area contributed by atoms with Gasteiger partial charge in [0.05, 0.1) is 122 Å². The lowest BCUT2D eigenvalue weighted by molar-refractivity contribution is 0.136. The van der Waals surface area contributed by atoms with Crippen LogP contribution in [0.5, 0.6) is 40.2 Å². The topological polar surface area (TPSA) is 261 Å². The molecule has 6 aromatic carbocycles. The van der Waals surface area contributed by atoms with E-state index in [9.17, 15) is 18.8 Å². The molecule has 108 heavy (non-hydrogen) atoms. The number of carbonyl (C=O) groups excluding carboxylic acids is 3. The number of alkyl carbamates (subject to hydrolysis) is 1. The maximum atomic E-state index is 14.4. The Labute approximate surface area is 624 Å². The highest BCUT2D eigenvalue weighted by molar-refractivity contribution is 5.81. The first-order valence-electron chi connectivity index (χ1n) is 35.5. The minimum atomic E-state index is -0.473. The van der Waals surface area contributed by atoms with E-state index in [0.29, 0.717) is 65.3 Å².